The highest BCUT2D eigenvalue weighted by atomic mass is 32.2. The Balaban J connectivity index is 1.73. The number of aryl methyl sites for hydroxylation is 1. The first-order valence-corrected chi connectivity index (χ1v) is 13.1. The number of nitrogens with two attached hydrogens (primary N) is 1. The molecule has 0 spiro atoms. The van der Waals surface area contributed by atoms with Crippen LogP contribution < -0.4 is 11.1 Å². The molecular formula is C17H19N7O8S4. The number of aliphatic carboxylic acids is 1. The maximum absolute atomic E-state index is 13.1. The fraction of sp³-hybridized carbons (Fsp3) is 0.412. The molecule has 6 N–H and O–H groups in total. The number of hydrogen-bond donors (Lipinski definition) is 5. The van der Waals surface area contributed by atoms with Crippen LogP contribution in [0.2, 0.25) is 0 Å². The number of primary amides is 1. The molecule has 15 nitrogen and oxygen atoms in total. The predicted octanol–water partition coefficient (Wildman–Crippen LogP) is -1.11. The Kier molecular flexibility index (Phi) is 8.49. The number of carbonyl (C=O) groups is 4. The Bertz CT molecular complexity index is 1200. The Morgan fingerprint density at radius 1 is 1.36 bits per heavy atom. The highest BCUT2D eigenvalue weighted by Gasteiger charge is 2.66. The van der Waals surface area contributed by atoms with Crippen LogP contribution in [-0.2, 0) is 31.0 Å². The number of carboxylic acid groups (broad SMARTS) is 1. The van der Waals surface area contributed by atoms with Gasteiger partial charge in [-0.15, -0.1) is 28.6 Å². The van der Waals surface area contributed by atoms with E-state index >= 15 is 0 Å². The smallest absolute Gasteiger partial charge is 0.352 e. The molecular weight excluding hydrogens is 558 g/mol. The monoisotopic (exact) mass is 577 g/mol. The summed E-state index contributed by atoms with van der Waals surface area (Å²) in [7, 11) is 2.83. The lowest BCUT2D eigenvalue weighted by atomic mass is 9.98. The van der Waals surface area contributed by atoms with Crippen molar-refractivity contribution in [2.24, 2.45) is 12.8 Å². The van der Waals surface area contributed by atoms with E-state index in [1.165, 1.54) is 35.3 Å². The zero-order valence-electron chi connectivity index (χ0n) is 18.5. The van der Waals surface area contributed by atoms with Crippen LogP contribution in [0.4, 0.5) is 0 Å². The maximum Gasteiger partial charge on any atom is 0.352 e. The molecule has 194 valence electrons. The minimum Gasteiger partial charge on any atom is -0.480 e. The van der Waals surface area contributed by atoms with Crippen molar-refractivity contribution in [3.63, 3.8) is 0 Å². The first kappa shape index (κ1) is 27.7. The van der Waals surface area contributed by atoms with Crippen molar-refractivity contribution >= 4 is 75.4 Å². The lowest BCUT2D eigenvalue weighted by molar-refractivity contribution is -0.192. The van der Waals surface area contributed by atoms with Crippen molar-refractivity contribution in [1.82, 2.24) is 30.4 Å². The number of rotatable bonds is 10. The van der Waals surface area contributed by atoms with E-state index in [1.54, 1.807) is 7.05 Å². The first-order valence-electron chi connectivity index (χ1n) is 9.65. The fourth-order valence-corrected chi connectivity index (χ4v) is 6.76. The van der Waals surface area contributed by atoms with E-state index in [1.807, 2.05) is 0 Å². The minimum atomic E-state index is -1.84. The van der Waals surface area contributed by atoms with E-state index in [-0.39, 0.29) is 21.4 Å². The van der Waals surface area contributed by atoms with Crippen molar-refractivity contribution in [2.45, 2.75) is 16.3 Å². The number of β-lactam (4-membered cyclic amide) rings is 1. The van der Waals surface area contributed by atoms with Gasteiger partial charge in [-0.25, -0.2) is 9.48 Å². The standard InChI is InChI=1S/C17H19N7O8S4/c1-23-16(20-21-22-23)36-4-6-3-35-15-17(32-2,14(31)24(15)9(6)12(29)30)19-7(25)5-34-13(33)8(10(18)26)11(27)28/h15,27-28H,3-5H2,1-2H3,(H2,18,26)(H,19,25)(H,29,30)/t15-,17+/m1/s1. The van der Waals surface area contributed by atoms with Crippen LogP contribution in [0, 0.1) is 0 Å². The number of aliphatic hydroxyl groups excluding tert-OH is 1. The van der Waals surface area contributed by atoms with Crippen LogP contribution in [0.25, 0.3) is 0 Å². The number of carboxylic acids is 1. The van der Waals surface area contributed by atoms with E-state index in [0.717, 1.165) is 4.90 Å². The average Bonchev–Trinajstić information content (AvgIpc) is 3.22. The lowest BCUT2D eigenvalue weighted by Gasteiger charge is -2.55. The van der Waals surface area contributed by atoms with Gasteiger partial charge in [0, 0.05) is 25.7 Å². The zero-order valence-corrected chi connectivity index (χ0v) is 21.8. The molecule has 3 rings (SSSR count). The van der Waals surface area contributed by atoms with Gasteiger partial charge in [-0.1, -0.05) is 24.0 Å². The van der Waals surface area contributed by atoms with E-state index in [0.29, 0.717) is 22.5 Å². The number of tetrazole rings is 1. The predicted molar refractivity (Wildman–Crippen MR) is 132 cm³/mol. The summed E-state index contributed by atoms with van der Waals surface area (Å²) in [5.41, 5.74) is 2.74. The van der Waals surface area contributed by atoms with Crippen LogP contribution in [0.15, 0.2) is 27.9 Å². The van der Waals surface area contributed by atoms with Crippen molar-refractivity contribution < 1.29 is 39.2 Å². The first-order chi connectivity index (χ1) is 16.9. The lowest BCUT2D eigenvalue weighted by Crippen LogP contribution is -2.80. The molecule has 3 heterocycles. The number of fused-ring (bicyclic) bond motifs is 1. The van der Waals surface area contributed by atoms with Crippen LogP contribution in [-0.4, -0.2) is 104 Å². The van der Waals surface area contributed by atoms with Crippen molar-refractivity contribution in [1.29, 1.82) is 0 Å². The van der Waals surface area contributed by atoms with Crippen LogP contribution >= 0.6 is 47.5 Å². The van der Waals surface area contributed by atoms with Gasteiger partial charge in [0.1, 0.15) is 16.6 Å². The summed E-state index contributed by atoms with van der Waals surface area (Å²) in [4.78, 5) is 50.1. The van der Waals surface area contributed by atoms with Crippen LogP contribution in [0.1, 0.15) is 0 Å². The molecule has 0 aliphatic carbocycles. The van der Waals surface area contributed by atoms with E-state index < -0.39 is 52.1 Å². The summed E-state index contributed by atoms with van der Waals surface area (Å²) in [6.07, 6.45) is 0. The number of nitrogens with one attached hydrogen (secondary N) is 1. The van der Waals surface area contributed by atoms with Gasteiger partial charge in [0.25, 0.3) is 23.5 Å². The van der Waals surface area contributed by atoms with Gasteiger partial charge in [-0.3, -0.25) is 19.3 Å². The second-order valence-corrected chi connectivity index (χ2v) is 10.8. The molecule has 3 amide bonds. The molecule has 2 aliphatic rings. The number of nitrogens with zero attached hydrogens (tertiary/aromatic N) is 5. The fourth-order valence-electron chi connectivity index (χ4n) is 3.30. The van der Waals surface area contributed by atoms with Crippen LogP contribution in [0.3, 0.4) is 0 Å². The number of methoxy groups -OCH3 is 1. The van der Waals surface area contributed by atoms with Crippen molar-refractivity contribution in [3.05, 3.63) is 22.8 Å². The number of aromatic nitrogens is 4. The highest BCUT2D eigenvalue weighted by Crippen LogP contribution is 2.47. The summed E-state index contributed by atoms with van der Waals surface area (Å²) in [6.45, 7) is 0. The van der Waals surface area contributed by atoms with Gasteiger partial charge in [-0.2, -0.15) is 0 Å². The van der Waals surface area contributed by atoms with E-state index in [9.17, 15) is 24.3 Å². The topological polar surface area (TPSA) is 223 Å². The maximum atomic E-state index is 13.1. The molecule has 0 radical (unpaired) electrons. The quantitative estimate of drug-likeness (QED) is 0.0555. The number of aliphatic hydroxyl groups is 2. The Hall–Kier alpha value is -2.87. The second-order valence-electron chi connectivity index (χ2n) is 7.10. The minimum absolute atomic E-state index is 0.210. The Labute approximate surface area is 220 Å². The number of carbonyl (C=O) groups excluding carboxylic acids is 3. The van der Waals surface area contributed by atoms with Gasteiger partial charge in [0.2, 0.25) is 11.1 Å². The molecule has 2 atom stereocenters. The molecule has 19 heteroatoms. The Morgan fingerprint density at radius 2 is 2.06 bits per heavy atom. The van der Waals surface area contributed by atoms with Crippen molar-refractivity contribution in [3.8, 4) is 0 Å². The molecule has 36 heavy (non-hydrogen) atoms. The van der Waals surface area contributed by atoms with Gasteiger partial charge < -0.3 is 31.1 Å². The largest absolute Gasteiger partial charge is 0.480 e. The summed E-state index contributed by atoms with van der Waals surface area (Å²) in [6, 6.07) is 0. The number of thioether (sulfide) groups is 3. The molecule has 0 saturated carbocycles. The number of thiocarbonyl (C=S) groups is 1. The third kappa shape index (κ3) is 5.14. The van der Waals surface area contributed by atoms with Crippen molar-refractivity contribution in [2.75, 3.05) is 24.4 Å². The number of ether oxygens (including phenoxy) is 1. The van der Waals surface area contributed by atoms with Gasteiger partial charge in [-0.05, 0) is 16.0 Å². The van der Waals surface area contributed by atoms with E-state index in [4.69, 9.17) is 32.9 Å². The molecule has 0 unspecified atom stereocenters. The molecule has 1 aromatic heterocycles. The third-order valence-electron chi connectivity index (χ3n) is 4.92. The van der Waals surface area contributed by atoms with Gasteiger partial charge in [0.15, 0.2) is 0 Å². The number of amides is 3. The highest BCUT2D eigenvalue weighted by molar-refractivity contribution is 8.24. The summed E-state index contributed by atoms with van der Waals surface area (Å²) >= 11 is 7.92. The average molecular weight is 578 g/mol. The van der Waals surface area contributed by atoms with Crippen LogP contribution in [0.5, 0.6) is 0 Å². The van der Waals surface area contributed by atoms with E-state index in [2.05, 4.69) is 20.8 Å². The second kappa shape index (κ2) is 11.0. The van der Waals surface area contributed by atoms with Gasteiger partial charge in [0.05, 0.1) is 9.95 Å². The molecule has 2 aliphatic heterocycles. The molecule has 1 saturated heterocycles. The zero-order chi connectivity index (χ0) is 26.8. The third-order valence-corrected chi connectivity index (χ3v) is 8.83. The molecule has 1 fully saturated rings. The summed E-state index contributed by atoms with van der Waals surface area (Å²) < 4.78 is 6.44. The Morgan fingerprint density at radius 3 is 2.58 bits per heavy atom. The summed E-state index contributed by atoms with van der Waals surface area (Å²) in [5, 5.41) is 41.2. The van der Waals surface area contributed by atoms with Gasteiger partial charge >= 0.3 is 5.97 Å². The SMILES string of the molecule is CO[C@@]1(NC(=O)CSC(=S)C(C(N)=O)=C(O)O)C(=O)N2C(C(=O)O)=C(CSc3nnnn3C)CS[C@@H]21. The summed E-state index contributed by atoms with van der Waals surface area (Å²) in [5.74, 6) is -5.38. The molecule has 1 aromatic rings. The normalized spacial score (nSPS) is 20.9. The molecule has 0 aromatic carbocycles. The molecule has 0 bridgehead atoms. The number of hydrogen-bond acceptors (Lipinski definition) is 14.